The van der Waals surface area contributed by atoms with Gasteiger partial charge in [0.25, 0.3) is 0 Å². The van der Waals surface area contributed by atoms with Gasteiger partial charge in [0.15, 0.2) is 0 Å². The second-order valence-electron chi connectivity index (χ2n) is 5.05. The van der Waals surface area contributed by atoms with Crippen LogP contribution in [0, 0.1) is 0 Å². The summed E-state index contributed by atoms with van der Waals surface area (Å²) in [4.78, 5) is 3.51. The van der Waals surface area contributed by atoms with Gasteiger partial charge in [-0.3, -0.25) is 0 Å². The van der Waals surface area contributed by atoms with Crippen LogP contribution >= 0.6 is 0 Å². The van der Waals surface area contributed by atoms with E-state index in [2.05, 4.69) is 67.4 Å². The number of benzene rings is 2. The molecule has 0 saturated heterocycles. The van der Waals surface area contributed by atoms with E-state index < -0.39 is 0 Å². The number of aromatic amines is 1. The lowest BCUT2D eigenvalue weighted by molar-refractivity contribution is 0.836. The Balaban J connectivity index is 2.11. The Morgan fingerprint density at radius 1 is 0.833 bits per heavy atom. The molecule has 0 aliphatic carbocycles. The van der Waals surface area contributed by atoms with E-state index in [0.29, 0.717) is 5.92 Å². The van der Waals surface area contributed by atoms with Gasteiger partial charge in [0, 0.05) is 11.2 Å². The highest BCUT2D eigenvalue weighted by molar-refractivity contribution is 5.85. The summed E-state index contributed by atoms with van der Waals surface area (Å²) in [5.41, 5.74) is 5.05. The molecule has 1 aromatic heterocycles. The fourth-order valence-corrected chi connectivity index (χ4v) is 2.27. The molecular weight excluding hydrogens is 218 g/mol. The minimum atomic E-state index is 0.539. The predicted octanol–water partition coefficient (Wildman–Crippen LogP) is 4.96. The van der Waals surface area contributed by atoms with Crippen LogP contribution in [-0.4, -0.2) is 4.98 Å². The fraction of sp³-hybridized carbons (Fsp3) is 0.176. The van der Waals surface area contributed by atoms with Crippen molar-refractivity contribution in [3.05, 3.63) is 60.3 Å². The summed E-state index contributed by atoms with van der Waals surface area (Å²) in [6.07, 6.45) is 0. The van der Waals surface area contributed by atoms with Crippen molar-refractivity contribution in [1.82, 2.24) is 4.98 Å². The van der Waals surface area contributed by atoms with Crippen LogP contribution in [0.25, 0.3) is 22.0 Å². The molecule has 90 valence electrons. The summed E-state index contributed by atoms with van der Waals surface area (Å²) in [6, 6.07) is 19.4. The van der Waals surface area contributed by atoms with Crippen LogP contribution in [0.15, 0.2) is 54.6 Å². The third-order valence-electron chi connectivity index (χ3n) is 3.37. The summed E-state index contributed by atoms with van der Waals surface area (Å²) in [6.45, 7) is 4.42. The number of H-pyrrole nitrogens is 1. The molecular formula is C17H17N. The molecule has 0 radical (unpaired) electrons. The summed E-state index contributed by atoms with van der Waals surface area (Å²) >= 11 is 0. The van der Waals surface area contributed by atoms with E-state index in [9.17, 15) is 0 Å². The number of hydrogen-bond donors (Lipinski definition) is 1. The van der Waals surface area contributed by atoms with Crippen LogP contribution in [0.1, 0.15) is 25.5 Å². The lowest BCUT2D eigenvalue weighted by atomic mass is 10.0. The lowest BCUT2D eigenvalue weighted by Crippen LogP contribution is -1.84. The SMILES string of the molecule is CC(C)c1cc2ccc(-c3ccccc3)cc2[nH]1. The van der Waals surface area contributed by atoms with Crippen molar-refractivity contribution < 1.29 is 0 Å². The Morgan fingerprint density at radius 3 is 2.33 bits per heavy atom. The first kappa shape index (κ1) is 11.1. The standard InChI is InChI=1S/C17H17N/c1-12(2)16-11-15-9-8-14(10-17(15)18-16)13-6-4-3-5-7-13/h3-12,18H,1-2H3. The van der Waals surface area contributed by atoms with Crippen LogP contribution in [-0.2, 0) is 0 Å². The van der Waals surface area contributed by atoms with E-state index in [0.717, 1.165) is 0 Å². The molecule has 1 heteroatoms. The predicted molar refractivity (Wildman–Crippen MR) is 77.8 cm³/mol. The molecule has 0 saturated carbocycles. The molecule has 0 fully saturated rings. The molecule has 0 unspecified atom stereocenters. The highest BCUT2D eigenvalue weighted by Crippen LogP contribution is 2.26. The minimum absolute atomic E-state index is 0.539. The molecule has 1 N–H and O–H groups in total. The quantitative estimate of drug-likeness (QED) is 0.646. The van der Waals surface area contributed by atoms with Crippen molar-refractivity contribution in [2.75, 3.05) is 0 Å². The van der Waals surface area contributed by atoms with E-state index in [1.165, 1.54) is 27.7 Å². The normalized spacial score (nSPS) is 11.3. The first-order valence-electron chi connectivity index (χ1n) is 6.42. The van der Waals surface area contributed by atoms with Crippen LogP contribution < -0.4 is 0 Å². The summed E-state index contributed by atoms with van der Waals surface area (Å²) in [7, 11) is 0. The van der Waals surface area contributed by atoms with Gasteiger partial charge in [0.2, 0.25) is 0 Å². The van der Waals surface area contributed by atoms with Gasteiger partial charge in [-0.2, -0.15) is 0 Å². The molecule has 0 bridgehead atoms. The van der Waals surface area contributed by atoms with Crippen molar-refractivity contribution in [2.24, 2.45) is 0 Å². The molecule has 0 atom stereocenters. The Bertz CT molecular complexity index is 662. The molecule has 0 aliphatic heterocycles. The van der Waals surface area contributed by atoms with Crippen molar-refractivity contribution in [1.29, 1.82) is 0 Å². The number of aromatic nitrogens is 1. The second-order valence-corrected chi connectivity index (χ2v) is 5.05. The van der Waals surface area contributed by atoms with E-state index in [1.807, 2.05) is 6.07 Å². The smallest absolute Gasteiger partial charge is 0.0462 e. The van der Waals surface area contributed by atoms with Gasteiger partial charge >= 0.3 is 0 Å². The summed E-state index contributed by atoms with van der Waals surface area (Å²) < 4.78 is 0. The molecule has 18 heavy (non-hydrogen) atoms. The average Bonchev–Trinajstić information content (AvgIpc) is 2.82. The first-order valence-corrected chi connectivity index (χ1v) is 6.42. The minimum Gasteiger partial charge on any atom is -0.358 e. The van der Waals surface area contributed by atoms with Gasteiger partial charge in [-0.15, -0.1) is 0 Å². The van der Waals surface area contributed by atoms with Crippen LogP contribution in [0.3, 0.4) is 0 Å². The van der Waals surface area contributed by atoms with Crippen molar-refractivity contribution in [3.8, 4) is 11.1 Å². The highest BCUT2D eigenvalue weighted by atomic mass is 14.7. The maximum Gasteiger partial charge on any atom is 0.0462 e. The van der Waals surface area contributed by atoms with Gasteiger partial charge in [-0.1, -0.05) is 56.3 Å². The average molecular weight is 235 g/mol. The molecule has 0 aliphatic rings. The maximum absolute atomic E-state index is 3.51. The highest BCUT2D eigenvalue weighted by Gasteiger charge is 2.05. The van der Waals surface area contributed by atoms with Crippen molar-refractivity contribution in [2.45, 2.75) is 19.8 Å². The van der Waals surface area contributed by atoms with E-state index >= 15 is 0 Å². The Kier molecular flexibility index (Phi) is 2.67. The molecule has 2 aromatic carbocycles. The Morgan fingerprint density at radius 2 is 1.61 bits per heavy atom. The van der Waals surface area contributed by atoms with Crippen molar-refractivity contribution >= 4 is 10.9 Å². The van der Waals surface area contributed by atoms with Crippen molar-refractivity contribution in [3.63, 3.8) is 0 Å². The molecule has 0 spiro atoms. The molecule has 1 heterocycles. The van der Waals surface area contributed by atoms with Gasteiger partial charge in [-0.05, 0) is 34.6 Å². The lowest BCUT2D eigenvalue weighted by Gasteiger charge is -2.01. The number of hydrogen-bond acceptors (Lipinski definition) is 0. The monoisotopic (exact) mass is 235 g/mol. The van der Waals surface area contributed by atoms with Gasteiger partial charge < -0.3 is 4.98 Å². The number of nitrogens with one attached hydrogen (secondary N) is 1. The van der Waals surface area contributed by atoms with E-state index in [-0.39, 0.29) is 0 Å². The number of fused-ring (bicyclic) bond motifs is 1. The maximum atomic E-state index is 3.51. The molecule has 3 rings (SSSR count). The van der Waals surface area contributed by atoms with Crippen LogP contribution in [0.4, 0.5) is 0 Å². The van der Waals surface area contributed by atoms with Crippen LogP contribution in [0.2, 0.25) is 0 Å². The van der Waals surface area contributed by atoms with E-state index in [1.54, 1.807) is 0 Å². The molecule has 1 nitrogen and oxygen atoms in total. The number of rotatable bonds is 2. The third kappa shape index (κ3) is 1.92. The molecule has 0 amide bonds. The summed E-state index contributed by atoms with van der Waals surface area (Å²) in [5, 5.41) is 1.29. The van der Waals surface area contributed by atoms with Gasteiger partial charge in [0.05, 0.1) is 0 Å². The Labute approximate surface area is 107 Å². The third-order valence-corrected chi connectivity index (χ3v) is 3.37. The van der Waals surface area contributed by atoms with E-state index in [4.69, 9.17) is 0 Å². The zero-order chi connectivity index (χ0) is 12.5. The van der Waals surface area contributed by atoms with Gasteiger partial charge in [-0.25, -0.2) is 0 Å². The van der Waals surface area contributed by atoms with Gasteiger partial charge in [0.1, 0.15) is 0 Å². The zero-order valence-corrected chi connectivity index (χ0v) is 10.8. The topological polar surface area (TPSA) is 15.8 Å². The summed E-state index contributed by atoms with van der Waals surface area (Å²) in [5.74, 6) is 0.539. The largest absolute Gasteiger partial charge is 0.358 e. The second kappa shape index (κ2) is 4.34. The zero-order valence-electron chi connectivity index (χ0n) is 10.8. The Hall–Kier alpha value is -2.02. The molecule has 3 aromatic rings. The van der Waals surface area contributed by atoms with Crippen LogP contribution in [0.5, 0.6) is 0 Å². The fourth-order valence-electron chi connectivity index (χ4n) is 2.27. The first-order chi connectivity index (χ1) is 8.74.